The number of amides is 1. The summed E-state index contributed by atoms with van der Waals surface area (Å²) in [5, 5.41) is 3.21. The number of ether oxygens (including phenoxy) is 2. The van der Waals surface area contributed by atoms with Crippen molar-refractivity contribution in [3.63, 3.8) is 0 Å². The predicted molar refractivity (Wildman–Crippen MR) is 104 cm³/mol. The third-order valence-electron chi connectivity index (χ3n) is 3.46. The smallest absolute Gasteiger partial charge is 0.339 e. The van der Waals surface area contributed by atoms with Crippen LogP contribution in [-0.2, 0) is 20.3 Å². The van der Waals surface area contributed by atoms with Gasteiger partial charge in [-0.3, -0.25) is 9.00 Å². The molecular weight excluding hydrogens is 390 g/mol. The van der Waals surface area contributed by atoms with Gasteiger partial charge >= 0.3 is 5.97 Å². The Labute approximate surface area is 165 Å². The summed E-state index contributed by atoms with van der Waals surface area (Å²) in [6, 6.07) is 13.4. The fourth-order valence-electron chi connectivity index (χ4n) is 2.14. The van der Waals surface area contributed by atoms with Crippen molar-refractivity contribution < 1.29 is 23.3 Å². The van der Waals surface area contributed by atoms with Gasteiger partial charge in [-0.1, -0.05) is 30.7 Å². The van der Waals surface area contributed by atoms with Crippen LogP contribution < -0.4 is 10.1 Å². The van der Waals surface area contributed by atoms with E-state index in [0.29, 0.717) is 21.4 Å². The van der Waals surface area contributed by atoms with E-state index in [9.17, 15) is 13.8 Å². The van der Waals surface area contributed by atoms with Crippen molar-refractivity contribution in [2.24, 2.45) is 0 Å². The van der Waals surface area contributed by atoms with E-state index in [1.54, 1.807) is 49.4 Å². The van der Waals surface area contributed by atoms with Crippen molar-refractivity contribution in [2.45, 2.75) is 11.8 Å². The zero-order valence-electron chi connectivity index (χ0n) is 14.8. The standard InChI is InChI=1S/C19H20ClNO5S/c1-2-27(24)17-6-4-3-5-16(17)19(23)26-13-18(22)21-11-12-25-15-9-7-14(20)8-10-15/h3-10H,2,11-13H2,1H3,(H,21,22)/t27-/m0/s1. The van der Waals surface area contributed by atoms with Crippen LogP contribution in [0.15, 0.2) is 53.4 Å². The molecular formula is C19H20ClNO5S. The van der Waals surface area contributed by atoms with Crippen LogP contribution in [0.5, 0.6) is 5.75 Å². The zero-order valence-corrected chi connectivity index (χ0v) is 16.3. The van der Waals surface area contributed by atoms with E-state index in [1.165, 1.54) is 6.07 Å². The minimum absolute atomic E-state index is 0.205. The van der Waals surface area contributed by atoms with Crippen molar-refractivity contribution in [2.75, 3.05) is 25.5 Å². The molecule has 1 atom stereocenters. The first kappa shape index (κ1) is 20.9. The van der Waals surface area contributed by atoms with Gasteiger partial charge in [0, 0.05) is 10.8 Å². The van der Waals surface area contributed by atoms with Gasteiger partial charge in [-0.15, -0.1) is 0 Å². The van der Waals surface area contributed by atoms with E-state index in [1.807, 2.05) is 0 Å². The minimum atomic E-state index is -1.29. The Morgan fingerprint density at radius 3 is 2.52 bits per heavy atom. The first-order valence-electron chi connectivity index (χ1n) is 8.31. The van der Waals surface area contributed by atoms with Crippen LogP contribution in [0.4, 0.5) is 0 Å². The second-order valence-electron chi connectivity index (χ2n) is 5.36. The quantitative estimate of drug-likeness (QED) is 0.508. The van der Waals surface area contributed by atoms with E-state index in [-0.39, 0.29) is 18.7 Å². The number of carbonyl (C=O) groups is 2. The molecule has 0 bridgehead atoms. The second-order valence-corrected chi connectivity index (χ2v) is 7.50. The maximum absolute atomic E-state index is 12.2. The highest BCUT2D eigenvalue weighted by atomic mass is 35.5. The van der Waals surface area contributed by atoms with Gasteiger partial charge in [-0.25, -0.2) is 4.79 Å². The van der Waals surface area contributed by atoms with Crippen LogP contribution in [-0.4, -0.2) is 41.6 Å². The van der Waals surface area contributed by atoms with Crippen molar-refractivity contribution in [1.29, 1.82) is 0 Å². The Bertz CT molecular complexity index is 810. The number of nitrogens with one attached hydrogen (secondary N) is 1. The van der Waals surface area contributed by atoms with Crippen molar-refractivity contribution in [3.05, 3.63) is 59.1 Å². The second kappa shape index (κ2) is 10.7. The van der Waals surface area contributed by atoms with Gasteiger partial charge in [0.1, 0.15) is 12.4 Å². The molecule has 8 heteroatoms. The Balaban J connectivity index is 1.74. The third kappa shape index (κ3) is 6.69. The van der Waals surface area contributed by atoms with Crippen LogP contribution in [0.1, 0.15) is 17.3 Å². The number of rotatable bonds is 9. The molecule has 0 spiro atoms. The maximum atomic E-state index is 12.2. The van der Waals surface area contributed by atoms with E-state index in [2.05, 4.69) is 5.32 Å². The van der Waals surface area contributed by atoms with E-state index < -0.39 is 29.3 Å². The molecule has 27 heavy (non-hydrogen) atoms. The topological polar surface area (TPSA) is 81.7 Å². The summed E-state index contributed by atoms with van der Waals surface area (Å²) in [5.41, 5.74) is 0.205. The number of benzene rings is 2. The molecule has 2 aromatic rings. The van der Waals surface area contributed by atoms with Crippen molar-refractivity contribution in [3.8, 4) is 5.75 Å². The molecule has 0 saturated heterocycles. The van der Waals surface area contributed by atoms with Gasteiger partial charge in [-0.05, 0) is 36.4 Å². The lowest BCUT2D eigenvalue weighted by Gasteiger charge is -2.10. The molecule has 0 unspecified atom stereocenters. The fraction of sp³-hybridized carbons (Fsp3) is 0.263. The van der Waals surface area contributed by atoms with Crippen LogP contribution in [0, 0.1) is 0 Å². The summed E-state index contributed by atoms with van der Waals surface area (Å²) >= 11 is 5.78. The van der Waals surface area contributed by atoms with Crippen molar-refractivity contribution in [1.82, 2.24) is 5.32 Å². The van der Waals surface area contributed by atoms with Gasteiger partial charge in [0.2, 0.25) is 0 Å². The molecule has 2 rings (SSSR count). The van der Waals surface area contributed by atoms with E-state index in [0.717, 1.165) is 0 Å². The van der Waals surface area contributed by atoms with Crippen LogP contribution in [0.3, 0.4) is 0 Å². The molecule has 0 aliphatic carbocycles. The maximum Gasteiger partial charge on any atom is 0.339 e. The van der Waals surface area contributed by atoms with Gasteiger partial charge in [0.05, 0.1) is 27.8 Å². The van der Waals surface area contributed by atoms with E-state index >= 15 is 0 Å². The lowest BCUT2D eigenvalue weighted by Crippen LogP contribution is -2.32. The summed E-state index contributed by atoms with van der Waals surface area (Å²) < 4.78 is 22.4. The molecule has 6 nitrogen and oxygen atoms in total. The highest BCUT2D eigenvalue weighted by Gasteiger charge is 2.17. The Kier molecular flexibility index (Phi) is 8.29. The molecule has 0 heterocycles. The largest absolute Gasteiger partial charge is 0.492 e. The zero-order chi connectivity index (χ0) is 19.6. The average Bonchev–Trinajstić information content (AvgIpc) is 2.70. The number of carbonyl (C=O) groups excluding carboxylic acids is 2. The predicted octanol–water partition coefficient (Wildman–Crippen LogP) is 2.82. The molecule has 2 aromatic carbocycles. The Morgan fingerprint density at radius 2 is 1.81 bits per heavy atom. The molecule has 0 aliphatic heterocycles. The highest BCUT2D eigenvalue weighted by Crippen LogP contribution is 2.16. The first-order valence-corrected chi connectivity index (χ1v) is 10.0. The number of esters is 1. The number of halogens is 1. The molecule has 144 valence electrons. The third-order valence-corrected chi connectivity index (χ3v) is 5.08. The SMILES string of the molecule is CC[S@](=O)c1ccccc1C(=O)OCC(=O)NCCOc1ccc(Cl)cc1. The van der Waals surface area contributed by atoms with E-state index in [4.69, 9.17) is 21.1 Å². The van der Waals surface area contributed by atoms with Gasteiger partial charge in [-0.2, -0.15) is 0 Å². The fourth-order valence-corrected chi connectivity index (χ4v) is 3.20. The minimum Gasteiger partial charge on any atom is -0.492 e. The molecule has 0 aromatic heterocycles. The molecule has 0 aliphatic rings. The summed E-state index contributed by atoms with van der Waals surface area (Å²) in [5.74, 6) is -0.101. The molecule has 0 saturated carbocycles. The average molecular weight is 410 g/mol. The van der Waals surface area contributed by atoms with Gasteiger partial charge < -0.3 is 14.8 Å². The summed E-state index contributed by atoms with van der Waals surface area (Å²) in [4.78, 5) is 24.4. The number of hydrogen-bond donors (Lipinski definition) is 1. The monoisotopic (exact) mass is 409 g/mol. The van der Waals surface area contributed by atoms with Gasteiger partial charge in [0.25, 0.3) is 5.91 Å². The van der Waals surface area contributed by atoms with Crippen LogP contribution >= 0.6 is 11.6 Å². The Morgan fingerprint density at radius 1 is 1.11 bits per heavy atom. The lowest BCUT2D eigenvalue weighted by atomic mass is 10.2. The number of hydrogen-bond acceptors (Lipinski definition) is 5. The molecule has 1 N–H and O–H groups in total. The summed E-state index contributed by atoms with van der Waals surface area (Å²) in [6.07, 6.45) is 0. The Hall–Kier alpha value is -2.38. The van der Waals surface area contributed by atoms with Gasteiger partial charge in [0.15, 0.2) is 6.61 Å². The normalized spacial score (nSPS) is 11.5. The molecule has 0 fully saturated rings. The lowest BCUT2D eigenvalue weighted by molar-refractivity contribution is -0.124. The first-order chi connectivity index (χ1) is 13.0. The summed E-state index contributed by atoms with van der Waals surface area (Å²) in [7, 11) is -1.29. The summed E-state index contributed by atoms with van der Waals surface area (Å²) in [6.45, 7) is 1.86. The van der Waals surface area contributed by atoms with Crippen molar-refractivity contribution >= 4 is 34.3 Å². The van der Waals surface area contributed by atoms with Crippen LogP contribution in [0.25, 0.3) is 0 Å². The molecule has 0 radical (unpaired) electrons. The van der Waals surface area contributed by atoms with Crippen LogP contribution in [0.2, 0.25) is 5.02 Å². The highest BCUT2D eigenvalue weighted by molar-refractivity contribution is 7.85. The molecule has 1 amide bonds.